The maximum Gasteiger partial charge on any atom is 0.266 e. The third-order valence-electron chi connectivity index (χ3n) is 4.11. The molecule has 2 aromatic rings. The molecule has 8 heteroatoms. The van der Waals surface area contributed by atoms with Gasteiger partial charge in [-0.2, -0.15) is 0 Å². The normalized spacial score (nSPS) is 16.2. The van der Waals surface area contributed by atoms with E-state index in [4.69, 9.17) is 14.9 Å². The largest absolute Gasteiger partial charge is 0.497 e. The Labute approximate surface area is 151 Å². The lowest BCUT2D eigenvalue weighted by molar-refractivity contribution is -0.122. The van der Waals surface area contributed by atoms with Crippen LogP contribution in [0.4, 0.5) is 5.69 Å². The molecule has 0 saturated carbocycles. The smallest absolute Gasteiger partial charge is 0.266 e. The van der Waals surface area contributed by atoms with E-state index in [1.54, 1.807) is 18.1 Å². The second-order valence-electron chi connectivity index (χ2n) is 6.19. The maximum atomic E-state index is 12.8. The van der Waals surface area contributed by atoms with E-state index < -0.39 is 6.17 Å². The van der Waals surface area contributed by atoms with E-state index >= 15 is 0 Å². The first kappa shape index (κ1) is 17.8. The predicted molar refractivity (Wildman–Crippen MR) is 97.9 cm³/mol. The summed E-state index contributed by atoms with van der Waals surface area (Å²) in [5.74, 6) is 0.895. The molecule has 1 aliphatic rings. The van der Waals surface area contributed by atoms with Gasteiger partial charge in [-0.05, 0) is 44.4 Å². The van der Waals surface area contributed by atoms with Gasteiger partial charge >= 0.3 is 0 Å². The molecule has 138 valence electrons. The fraction of sp³-hybridized carbons (Fsp3) is 0.333. The number of likely N-dealkylation sites (N-methyl/N-ethyl adjacent to an activating group) is 1. The van der Waals surface area contributed by atoms with Crippen LogP contribution >= 0.6 is 0 Å². The molecule has 1 aromatic heterocycles. The van der Waals surface area contributed by atoms with E-state index in [0.29, 0.717) is 23.1 Å². The maximum absolute atomic E-state index is 12.8. The molecule has 1 aliphatic heterocycles. The highest BCUT2D eigenvalue weighted by Crippen LogP contribution is 2.24. The highest BCUT2D eigenvalue weighted by atomic mass is 16.5. The Hall–Kier alpha value is -3.00. The highest BCUT2D eigenvalue weighted by molar-refractivity contribution is 5.89. The molecule has 3 N–H and O–H groups in total. The Morgan fingerprint density at radius 1 is 1.35 bits per heavy atom. The summed E-state index contributed by atoms with van der Waals surface area (Å²) in [6.45, 7) is 1.24. The van der Waals surface area contributed by atoms with Gasteiger partial charge in [-0.1, -0.05) is 0 Å². The van der Waals surface area contributed by atoms with Crippen molar-refractivity contribution in [2.45, 2.75) is 6.17 Å². The van der Waals surface area contributed by atoms with Crippen molar-refractivity contribution in [1.82, 2.24) is 10.2 Å². The van der Waals surface area contributed by atoms with Gasteiger partial charge in [-0.3, -0.25) is 9.69 Å². The molecular formula is C18H23N5O3. The van der Waals surface area contributed by atoms with Crippen molar-refractivity contribution in [3.63, 3.8) is 0 Å². The van der Waals surface area contributed by atoms with Crippen molar-refractivity contribution >= 4 is 17.4 Å². The summed E-state index contributed by atoms with van der Waals surface area (Å²) in [5.41, 5.74) is 7.45. The monoisotopic (exact) mass is 357 g/mol. The van der Waals surface area contributed by atoms with E-state index in [1.165, 1.54) is 6.26 Å². The molecule has 0 fully saturated rings. The minimum absolute atomic E-state index is 0.243. The summed E-state index contributed by atoms with van der Waals surface area (Å²) in [7, 11) is 5.49. The third-order valence-corrected chi connectivity index (χ3v) is 4.11. The molecule has 3 rings (SSSR count). The van der Waals surface area contributed by atoms with E-state index in [0.717, 1.165) is 18.0 Å². The summed E-state index contributed by atoms with van der Waals surface area (Å²) < 4.78 is 10.6. The summed E-state index contributed by atoms with van der Waals surface area (Å²) in [6, 6.07) is 9.05. The van der Waals surface area contributed by atoms with Crippen molar-refractivity contribution in [2.75, 3.05) is 39.2 Å². The molecule has 8 nitrogen and oxygen atoms in total. The van der Waals surface area contributed by atoms with Gasteiger partial charge in [0.25, 0.3) is 5.91 Å². The first-order chi connectivity index (χ1) is 12.5. The Kier molecular flexibility index (Phi) is 5.13. The first-order valence-corrected chi connectivity index (χ1v) is 8.28. The van der Waals surface area contributed by atoms with Crippen molar-refractivity contribution < 1.29 is 13.9 Å². The van der Waals surface area contributed by atoms with E-state index in [9.17, 15) is 4.79 Å². The number of benzene rings is 1. The van der Waals surface area contributed by atoms with Gasteiger partial charge in [-0.25, -0.2) is 4.99 Å². The lowest BCUT2D eigenvalue weighted by Crippen LogP contribution is -2.54. The van der Waals surface area contributed by atoms with Crippen molar-refractivity contribution in [2.24, 2.45) is 10.7 Å². The van der Waals surface area contributed by atoms with E-state index in [-0.39, 0.29) is 5.91 Å². The van der Waals surface area contributed by atoms with Crippen LogP contribution in [-0.4, -0.2) is 51.3 Å². The topological polar surface area (TPSA) is 96.3 Å². The number of nitrogens with two attached hydrogens (primary N) is 1. The van der Waals surface area contributed by atoms with Crippen LogP contribution in [0.5, 0.6) is 5.75 Å². The van der Waals surface area contributed by atoms with Gasteiger partial charge in [0, 0.05) is 18.8 Å². The summed E-state index contributed by atoms with van der Waals surface area (Å²) in [5, 5.41) is 3.56. The van der Waals surface area contributed by atoms with Gasteiger partial charge in [0.2, 0.25) is 11.7 Å². The third kappa shape index (κ3) is 3.50. The number of carbonyl (C=O) groups excluding carboxylic acids is 1. The SMILES string of the molecule is COc1ccc(N2C(N)=c3ccoc3=NC2C(=O)NCCN(C)C)cc1. The number of nitrogens with one attached hydrogen (secondary N) is 1. The van der Waals surface area contributed by atoms with Crippen LogP contribution in [0.25, 0.3) is 5.82 Å². The highest BCUT2D eigenvalue weighted by Gasteiger charge is 2.31. The summed E-state index contributed by atoms with van der Waals surface area (Å²) >= 11 is 0. The van der Waals surface area contributed by atoms with Gasteiger partial charge in [0.15, 0.2) is 0 Å². The molecule has 0 spiro atoms. The number of ether oxygens (including phenoxy) is 1. The Morgan fingerprint density at radius 3 is 2.73 bits per heavy atom. The number of carbonyl (C=O) groups is 1. The molecular weight excluding hydrogens is 334 g/mol. The molecule has 0 bridgehead atoms. The van der Waals surface area contributed by atoms with Crippen molar-refractivity contribution in [1.29, 1.82) is 0 Å². The molecule has 26 heavy (non-hydrogen) atoms. The number of furan rings is 1. The Morgan fingerprint density at radius 2 is 2.08 bits per heavy atom. The molecule has 0 saturated heterocycles. The number of fused-ring (bicyclic) bond motifs is 1. The minimum atomic E-state index is -0.843. The second kappa shape index (κ2) is 7.49. The Balaban J connectivity index is 1.95. The average Bonchev–Trinajstić information content (AvgIpc) is 3.10. The van der Waals surface area contributed by atoms with Gasteiger partial charge < -0.3 is 25.1 Å². The van der Waals surface area contributed by atoms with Gasteiger partial charge in [0.05, 0.1) is 18.6 Å². The van der Waals surface area contributed by atoms with Crippen LogP contribution in [-0.2, 0) is 4.79 Å². The molecule has 1 amide bonds. The van der Waals surface area contributed by atoms with Crippen LogP contribution in [0.2, 0.25) is 0 Å². The zero-order valence-corrected chi connectivity index (χ0v) is 15.1. The van der Waals surface area contributed by atoms with Crippen molar-refractivity contribution in [3.05, 3.63) is 47.4 Å². The number of hydrogen-bond acceptors (Lipinski definition) is 7. The van der Waals surface area contributed by atoms with Crippen LogP contribution in [0, 0.1) is 0 Å². The predicted octanol–water partition coefficient (Wildman–Crippen LogP) is -0.544. The van der Waals surface area contributed by atoms with Crippen LogP contribution < -0.4 is 31.5 Å². The van der Waals surface area contributed by atoms with Crippen LogP contribution in [0.1, 0.15) is 0 Å². The summed E-state index contributed by atoms with van der Waals surface area (Å²) in [4.78, 5) is 20.9. The number of nitrogens with zero attached hydrogens (tertiary/aromatic N) is 3. The Bertz CT molecular complexity index is 888. The molecule has 1 atom stereocenters. The van der Waals surface area contributed by atoms with E-state index in [2.05, 4.69) is 10.3 Å². The number of hydrogen-bond donors (Lipinski definition) is 2. The zero-order chi connectivity index (χ0) is 18.7. The zero-order valence-electron chi connectivity index (χ0n) is 15.1. The average molecular weight is 357 g/mol. The quantitative estimate of drug-likeness (QED) is 0.721. The number of methoxy groups -OCH3 is 1. The number of amides is 1. The summed E-state index contributed by atoms with van der Waals surface area (Å²) in [6.07, 6.45) is 0.670. The number of anilines is 1. The van der Waals surface area contributed by atoms with Crippen LogP contribution in [0.15, 0.2) is 46.0 Å². The fourth-order valence-electron chi connectivity index (χ4n) is 2.72. The molecule has 1 aromatic carbocycles. The molecule has 0 aliphatic carbocycles. The second-order valence-corrected chi connectivity index (χ2v) is 6.19. The molecule has 0 radical (unpaired) electrons. The van der Waals surface area contributed by atoms with Crippen LogP contribution in [0.3, 0.4) is 0 Å². The minimum Gasteiger partial charge on any atom is -0.497 e. The van der Waals surface area contributed by atoms with E-state index in [1.807, 2.05) is 43.3 Å². The standard InChI is InChI=1S/C18H23N5O3/c1-22(2)10-9-20-17(24)16-21-18-14(8-11-26-18)15(19)23(16)12-4-6-13(25-3)7-5-12/h4-8,11,16H,9-10,19H2,1-3H3,(H,20,24). The molecule has 2 heterocycles. The van der Waals surface area contributed by atoms with Gasteiger partial charge in [0.1, 0.15) is 11.6 Å². The van der Waals surface area contributed by atoms with Gasteiger partial charge in [-0.15, -0.1) is 0 Å². The molecule has 1 unspecified atom stereocenters. The fourth-order valence-corrected chi connectivity index (χ4v) is 2.72. The number of rotatable bonds is 6. The lowest BCUT2D eigenvalue weighted by atomic mass is 10.2. The first-order valence-electron chi connectivity index (χ1n) is 8.28. The van der Waals surface area contributed by atoms with Crippen molar-refractivity contribution in [3.8, 4) is 5.75 Å². The lowest BCUT2D eigenvalue weighted by Gasteiger charge is -2.31.